The summed E-state index contributed by atoms with van der Waals surface area (Å²) in [5, 5.41) is 6.84. The molecule has 2 aromatic rings. The zero-order valence-corrected chi connectivity index (χ0v) is 14.1. The Morgan fingerprint density at radius 2 is 2.04 bits per heavy atom. The molecule has 0 saturated carbocycles. The molecular formula is C16H13BrF3N3O. The van der Waals surface area contributed by atoms with Gasteiger partial charge in [-0.25, -0.2) is 0 Å². The fourth-order valence-electron chi connectivity index (χ4n) is 2.32. The molecule has 1 aliphatic rings. The minimum absolute atomic E-state index is 0.208. The number of anilines is 2. The predicted molar refractivity (Wildman–Crippen MR) is 88.5 cm³/mol. The van der Waals surface area contributed by atoms with Crippen molar-refractivity contribution in [2.75, 3.05) is 5.32 Å². The third-order valence-corrected chi connectivity index (χ3v) is 4.08. The lowest BCUT2D eigenvalue weighted by molar-refractivity contribution is -0.137. The third kappa shape index (κ3) is 3.69. The van der Waals surface area contributed by atoms with Crippen molar-refractivity contribution in [1.29, 1.82) is 0 Å². The third-order valence-electron chi connectivity index (χ3n) is 3.61. The average molecular weight is 400 g/mol. The minimum Gasteiger partial charge on any atom is -0.386 e. The molecule has 0 amide bonds. The molecule has 1 atom stereocenters. The van der Waals surface area contributed by atoms with Gasteiger partial charge < -0.3 is 10.2 Å². The summed E-state index contributed by atoms with van der Waals surface area (Å²) in [6.07, 6.45) is -1.86. The monoisotopic (exact) mass is 399 g/mol. The number of hydrogen-bond acceptors (Lipinski definition) is 4. The maximum atomic E-state index is 12.8. The van der Waals surface area contributed by atoms with Gasteiger partial charge in [-0.1, -0.05) is 17.3 Å². The van der Waals surface area contributed by atoms with Crippen molar-refractivity contribution >= 4 is 31.9 Å². The highest BCUT2D eigenvalue weighted by atomic mass is 79.9. The van der Waals surface area contributed by atoms with Gasteiger partial charge in [0.25, 0.3) is 0 Å². The first-order valence-electron chi connectivity index (χ1n) is 7.11. The first-order valence-corrected chi connectivity index (χ1v) is 7.90. The summed E-state index contributed by atoms with van der Waals surface area (Å²) < 4.78 is 39.1. The van der Waals surface area contributed by atoms with Crippen LogP contribution < -0.4 is 5.32 Å². The lowest BCUT2D eigenvalue weighted by Crippen LogP contribution is -2.06. The maximum absolute atomic E-state index is 12.8. The average Bonchev–Trinajstić information content (AvgIpc) is 2.95. The summed E-state index contributed by atoms with van der Waals surface area (Å²) in [5.74, 6) is 0. The lowest BCUT2D eigenvalue weighted by atomic mass is 10.0. The Morgan fingerprint density at radius 1 is 1.25 bits per heavy atom. The summed E-state index contributed by atoms with van der Waals surface area (Å²) in [5.41, 5.74) is 1.96. The topological polar surface area (TPSA) is 46.5 Å². The highest BCUT2D eigenvalue weighted by Gasteiger charge is 2.31. The number of aromatic nitrogens is 1. The highest BCUT2D eigenvalue weighted by Crippen LogP contribution is 2.34. The van der Waals surface area contributed by atoms with Gasteiger partial charge in [0.2, 0.25) is 0 Å². The molecule has 1 aliphatic heterocycles. The summed E-state index contributed by atoms with van der Waals surface area (Å²) in [6.45, 7) is 1.87. The van der Waals surface area contributed by atoms with E-state index in [2.05, 4.69) is 31.4 Å². The number of halogens is 4. The van der Waals surface area contributed by atoms with Crippen LogP contribution in [0.2, 0.25) is 0 Å². The van der Waals surface area contributed by atoms with Crippen LogP contribution in [0.1, 0.15) is 29.2 Å². The van der Waals surface area contributed by atoms with Crippen molar-refractivity contribution in [2.45, 2.75) is 25.6 Å². The van der Waals surface area contributed by atoms with E-state index in [-0.39, 0.29) is 11.8 Å². The van der Waals surface area contributed by atoms with E-state index >= 15 is 0 Å². The van der Waals surface area contributed by atoms with Crippen LogP contribution in [-0.2, 0) is 11.0 Å². The van der Waals surface area contributed by atoms with Gasteiger partial charge in [-0.2, -0.15) is 13.2 Å². The number of oxime groups is 1. The van der Waals surface area contributed by atoms with Crippen molar-refractivity contribution in [1.82, 2.24) is 4.98 Å². The Morgan fingerprint density at radius 3 is 2.71 bits per heavy atom. The molecule has 0 spiro atoms. The zero-order chi connectivity index (χ0) is 17.3. The number of nitrogens with one attached hydrogen (secondary N) is 1. The van der Waals surface area contributed by atoms with E-state index in [1.165, 1.54) is 6.20 Å². The van der Waals surface area contributed by atoms with Crippen molar-refractivity contribution in [3.63, 3.8) is 0 Å². The summed E-state index contributed by atoms with van der Waals surface area (Å²) >= 11 is 3.28. The second-order valence-electron chi connectivity index (χ2n) is 5.43. The van der Waals surface area contributed by atoms with E-state index in [1.807, 2.05) is 25.1 Å². The van der Waals surface area contributed by atoms with Crippen LogP contribution in [0.3, 0.4) is 0 Å². The molecule has 0 radical (unpaired) electrons. The first kappa shape index (κ1) is 16.8. The molecule has 0 aliphatic carbocycles. The van der Waals surface area contributed by atoms with Crippen LogP contribution >= 0.6 is 15.9 Å². The standard InChI is InChI=1S/C16H13BrF3N3O/c1-9-2-3-10(14-6-15(17)23-24-14)4-13(9)22-12-5-11(7-21-8-12)16(18,19)20/h2-5,7-8,14,22H,6H2,1H3. The Kier molecular flexibility index (Phi) is 4.49. The van der Waals surface area contributed by atoms with E-state index in [0.29, 0.717) is 12.1 Å². The van der Waals surface area contributed by atoms with Crippen LogP contribution in [0, 0.1) is 6.92 Å². The van der Waals surface area contributed by atoms with Crippen molar-refractivity contribution in [2.24, 2.45) is 5.16 Å². The Bertz CT molecular complexity index is 792. The summed E-state index contributed by atoms with van der Waals surface area (Å²) in [6, 6.07) is 6.68. The van der Waals surface area contributed by atoms with Crippen molar-refractivity contribution in [3.05, 3.63) is 53.3 Å². The fraction of sp³-hybridized carbons (Fsp3) is 0.250. The van der Waals surface area contributed by atoms with Gasteiger partial charge in [-0.15, -0.1) is 0 Å². The Balaban J connectivity index is 1.85. The molecule has 1 aromatic carbocycles. The molecule has 1 unspecified atom stereocenters. The molecule has 0 fully saturated rings. The molecule has 3 rings (SSSR count). The van der Waals surface area contributed by atoms with Crippen molar-refractivity contribution in [3.8, 4) is 0 Å². The number of benzene rings is 1. The second-order valence-corrected chi connectivity index (χ2v) is 6.34. The van der Waals surface area contributed by atoms with E-state index in [9.17, 15) is 13.2 Å². The molecule has 24 heavy (non-hydrogen) atoms. The second kappa shape index (κ2) is 6.43. The van der Waals surface area contributed by atoms with Gasteiger partial charge in [0.15, 0.2) is 6.10 Å². The molecule has 1 N–H and O–H groups in total. The molecule has 2 heterocycles. The van der Waals surface area contributed by atoms with Crippen molar-refractivity contribution < 1.29 is 18.0 Å². The van der Waals surface area contributed by atoms with Crippen LogP contribution in [0.15, 0.2) is 41.8 Å². The Labute approximate surface area is 144 Å². The number of pyridine rings is 1. The maximum Gasteiger partial charge on any atom is 0.417 e. The molecule has 126 valence electrons. The minimum atomic E-state index is -4.43. The van der Waals surface area contributed by atoms with Crippen LogP contribution in [0.5, 0.6) is 0 Å². The van der Waals surface area contributed by atoms with Gasteiger partial charge in [0.05, 0.1) is 17.4 Å². The molecule has 4 nitrogen and oxygen atoms in total. The largest absolute Gasteiger partial charge is 0.417 e. The van der Waals surface area contributed by atoms with Crippen LogP contribution in [0.4, 0.5) is 24.5 Å². The number of nitrogens with zero attached hydrogens (tertiary/aromatic N) is 2. The molecule has 8 heteroatoms. The van der Waals surface area contributed by atoms with Gasteiger partial charge in [-0.05, 0) is 46.1 Å². The van der Waals surface area contributed by atoms with Crippen LogP contribution in [0.25, 0.3) is 0 Å². The van der Waals surface area contributed by atoms with E-state index in [0.717, 1.165) is 28.0 Å². The SMILES string of the molecule is Cc1ccc(C2CC(Br)=NO2)cc1Nc1cncc(C(F)(F)F)c1. The number of rotatable bonds is 3. The number of aryl methyl sites for hydroxylation is 1. The molecular weight excluding hydrogens is 387 g/mol. The van der Waals surface area contributed by atoms with Gasteiger partial charge >= 0.3 is 6.18 Å². The van der Waals surface area contributed by atoms with Gasteiger partial charge in [-0.3, -0.25) is 4.98 Å². The van der Waals surface area contributed by atoms with Gasteiger partial charge in [0, 0.05) is 18.3 Å². The first-order chi connectivity index (χ1) is 11.3. The molecule has 1 aromatic heterocycles. The normalized spacial score (nSPS) is 17.4. The van der Waals surface area contributed by atoms with E-state index in [4.69, 9.17) is 4.84 Å². The lowest BCUT2D eigenvalue weighted by Gasteiger charge is -2.15. The van der Waals surface area contributed by atoms with E-state index < -0.39 is 11.7 Å². The number of hydrogen-bond donors (Lipinski definition) is 1. The summed E-state index contributed by atoms with van der Waals surface area (Å²) in [7, 11) is 0. The van der Waals surface area contributed by atoms with Gasteiger partial charge in [0.1, 0.15) is 4.62 Å². The zero-order valence-electron chi connectivity index (χ0n) is 12.6. The number of alkyl halides is 3. The Hall–Kier alpha value is -2.09. The smallest absolute Gasteiger partial charge is 0.386 e. The predicted octanol–water partition coefficient (Wildman–Crippen LogP) is 5.32. The van der Waals surface area contributed by atoms with E-state index in [1.54, 1.807) is 0 Å². The highest BCUT2D eigenvalue weighted by molar-refractivity contribution is 9.18. The van der Waals surface area contributed by atoms with Crippen LogP contribution in [-0.4, -0.2) is 9.60 Å². The summed E-state index contributed by atoms with van der Waals surface area (Å²) in [4.78, 5) is 8.97. The molecule has 0 saturated heterocycles. The molecule has 0 bridgehead atoms. The fourth-order valence-corrected chi connectivity index (χ4v) is 2.70. The quantitative estimate of drug-likeness (QED) is 0.759.